The second-order valence-electron chi connectivity index (χ2n) is 2.69. The monoisotopic (exact) mass is 426 g/mol. The number of alkyl halides is 4. The SMILES string of the molecule is O=[N+]([O-])c1nc(CBr)cc(OC(F)(F)F)c1I. The van der Waals surface area contributed by atoms with Gasteiger partial charge in [0.2, 0.25) is 0 Å². The van der Waals surface area contributed by atoms with Gasteiger partial charge in [-0.3, -0.25) is 0 Å². The zero-order valence-corrected chi connectivity index (χ0v) is 11.5. The van der Waals surface area contributed by atoms with Crippen LogP contribution in [0.5, 0.6) is 5.75 Å². The van der Waals surface area contributed by atoms with Crippen LogP contribution in [-0.4, -0.2) is 16.3 Å². The van der Waals surface area contributed by atoms with Crippen LogP contribution in [0.4, 0.5) is 19.0 Å². The molecule has 1 aromatic heterocycles. The van der Waals surface area contributed by atoms with Crippen molar-refractivity contribution in [2.45, 2.75) is 11.7 Å². The highest BCUT2D eigenvalue weighted by Gasteiger charge is 2.34. The Morgan fingerprint density at radius 2 is 2.18 bits per heavy atom. The number of halogens is 5. The number of hydrogen-bond donors (Lipinski definition) is 0. The smallest absolute Gasteiger partial charge is 0.404 e. The average molecular weight is 427 g/mol. The van der Waals surface area contributed by atoms with Gasteiger partial charge in [-0.15, -0.1) is 13.2 Å². The standard InChI is InChI=1S/C7H3BrF3IN2O3/c8-2-3-1-4(17-7(9,10)11)5(12)6(13-3)14(15)16/h1H,2H2. The van der Waals surface area contributed by atoms with Gasteiger partial charge in [0, 0.05) is 6.07 Å². The fourth-order valence-electron chi connectivity index (χ4n) is 0.931. The Bertz CT molecular complexity index is 455. The molecule has 0 amide bonds. The van der Waals surface area contributed by atoms with Crippen molar-refractivity contribution < 1.29 is 22.8 Å². The van der Waals surface area contributed by atoms with Crippen LogP contribution in [0.3, 0.4) is 0 Å². The summed E-state index contributed by atoms with van der Waals surface area (Å²) in [5.74, 6) is -1.30. The lowest BCUT2D eigenvalue weighted by Gasteiger charge is -2.10. The Morgan fingerprint density at radius 3 is 2.59 bits per heavy atom. The fourth-order valence-corrected chi connectivity index (χ4v) is 1.80. The number of aromatic nitrogens is 1. The molecule has 0 aliphatic rings. The number of nitrogens with zero attached hydrogens (tertiary/aromatic N) is 2. The van der Waals surface area contributed by atoms with E-state index in [2.05, 4.69) is 25.7 Å². The summed E-state index contributed by atoms with van der Waals surface area (Å²) >= 11 is 4.34. The lowest BCUT2D eigenvalue weighted by atomic mass is 10.3. The van der Waals surface area contributed by atoms with E-state index in [1.165, 1.54) is 22.6 Å². The first kappa shape index (κ1) is 14.4. The van der Waals surface area contributed by atoms with E-state index in [0.29, 0.717) is 0 Å². The van der Waals surface area contributed by atoms with Crippen molar-refractivity contribution in [3.05, 3.63) is 25.4 Å². The summed E-state index contributed by atoms with van der Waals surface area (Å²) in [7, 11) is 0. The predicted molar refractivity (Wildman–Crippen MR) is 62.9 cm³/mol. The molecule has 1 rings (SSSR count). The largest absolute Gasteiger partial charge is 0.573 e. The minimum Gasteiger partial charge on any atom is -0.404 e. The molecule has 0 fully saturated rings. The summed E-state index contributed by atoms with van der Waals surface area (Å²) in [6, 6.07) is 0.997. The van der Waals surface area contributed by atoms with Gasteiger partial charge in [0.25, 0.3) is 0 Å². The van der Waals surface area contributed by atoms with Crippen molar-refractivity contribution in [2.75, 3.05) is 0 Å². The molecule has 0 saturated heterocycles. The first-order valence-electron chi connectivity index (χ1n) is 3.90. The molecular weight excluding hydrogens is 424 g/mol. The molecule has 0 unspecified atom stereocenters. The van der Waals surface area contributed by atoms with E-state index in [1.807, 2.05) is 0 Å². The van der Waals surface area contributed by atoms with Gasteiger partial charge < -0.3 is 14.9 Å². The third-order valence-corrected chi connectivity index (χ3v) is 3.08. The molecule has 0 aromatic carbocycles. The lowest BCUT2D eigenvalue weighted by Crippen LogP contribution is -2.18. The Kier molecular flexibility index (Phi) is 4.52. The quantitative estimate of drug-likeness (QED) is 0.321. The maximum Gasteiger partial charge on any atom is 0.573 e. The van der Waals surface area contributed by atoms with E-state index >= 15 is 0 Å². The predicted octanol–water partition coefficient (Wildman–Crippen LogP) is 3.39. The van der Waals surface area contributed by atoms with Gasteiger partial charge in [0.1, 0.15) is 0 Å². The van der Waals surface area contributed by atoms with Crippen molar-refractivity contribution in [3.8, 4) is 5.75 Å². The number of ether oxygens (including phenoxy) is 1. The summed E-state index contributed by atoms with van der Waals surface area (Å²) in [5.41, 5.74) is 0.0800. The van der Waals surface area contributed by atoms with Gasteiger partial charge in [-0.05, 0) is 32.5 Å². The summed E-state index contributed by atoms with van der Waals surface area (Å²) in [5, 5.41) is 10.7. The molecule has 0 atom stereocenters. The van der Waals surface area contributed by atoms with Crippen LogP contribution < -0.4 is 4.74 Å². The molecule has 0 spiro atoms. The summed E-state index contributed by atoms with van der Waals surface area (Å²) in [4.78, 5) is 13.3. The first-order chi connectivity index (χ1) is 7.74. The van der Waals surface area contributed by atoms with Gasteiger partial charge in [-0.25, -0.2) is 0 Å². The first-order valence-corrected chi connectivity index (χ1v) is 6.10. The molecule has 10 heteroatoms. The van der Waals surface area contributed by atoms with Crippen molar-refractivity contribution in [1.82, 2.24) is 4.98 Å². The number of rotatable bonds is 3. The third kappa shape index (κ3) is 3.94. The number of pyridine rings is 1. The van der Waals surface area contributed by atoms with Crippen LogP contribution in [0.15, 0.2) is 6.07 Å². The molecule has 0 bridgehead atoms. The normalized spacial score (nSPS) is 11.4. The minimum absolute atomic E-state index is 0.0800. The van der Waals surface area contributed by atoms with E-state index in [9.17, 15) is 23.3 Å². The second-order valence-corrected chi connectivity index (χ2v) is 4.33. The Morgan fingerprint density at radius 1 is 1.59 bits per heavy atom. The molecular formula is C7H3BrF3IN2O3. The fraction of sp³-hybridized carbons (Fsp3) is 0.286. The van der Waals surface area contributed by atoms with Gasteiger partial charge in [0.05, 0.1) is 5.33 Å². The molecule has 94 valence electrons. The maximum atomic E-state index is 12.1. The van der Waals surface area contributed by atoms with E-state index in [0.717, 1.165) is 6.07 Å². The van der Waals surface area contributed by atoms with Gasteiger partial charge in [-0.2, -0.15) is 0 Å². The highest BCUT2D eigenvalue weighted by Crippen LogP contribution is 2.33. The summed E-state index contributed by atoms with van der Waals surface area (Å²) < 4.78 is 39.6. The third-order valence-electron chi connectivity index (χ3n) is 1.50. The van der Waals surface area contributed by atoms with Crippen LogP contribution in [0.2, 0.25) is 0 Å². The van der Waals surface area contributed by atoms with Crippen molar-refractivity contribution in [3.63, 3.8) is 0 Å². The molecule has 0 aliphatic heterocycles. The Hall–Kier alpha value is -0.650. The average Bonchev–Trinajstić information content (AvgIpc) is 2.18. The van der Waals surface area contributed by atoms with Crippen molar-refractivity contribution in [2.24, 2.45) is 0 Å². The Balaban J connectivity index is 3.29. The molecule has 5 nitrogen and oxygen atoms in total. The molecule has 1 heterocycles. The number of hydrogen-bond acceptors (Lipinski definition) is 4. The summed E-state index contributed by atoms with van der Waals surface area (Å²) in [6.07, 6.45) is -4.90. The van der Waals surface area contributed by atoms with Crippen LogP contribution in [0.25, 0.3) is 0 Å². The molecule has 0 radical (unpaired) electrons. The van der Waals surface area contributed by atoms with E-state index in [-0.39, 0.29) is 14.6 Å². The molecule has 0 N–H and O–H groups in total. The minimum atomic E-state index is -4.90. The van der Waals surface area contributed by atoms with Crippen LogP contribution in [0.1, 0.15) is 5.69 Å². The molecule has 0 saturated carbocycles. The second kappa shape index (κ2) is 5.33. The molecule has 1 aromatic rings. The van der Waals surface area contributed by atoms with Crippen molar-refractivity contribution >= 4 is 44.3 Å². The Labute approximate surface area is 115 Å². The summed E-state index contributed by atoms with van der Waals surface area (Å²) in [6.45, 7) is 0. The lowest BCUT2D eigenvalue weighted by molar-refractivity contribution is -0.390. The molecule has 0 aliphatic carbocycles. The van der Waals surface area contributed by atoms with E-state index < -0.39 is 22.9 Å². The topological polar surface area (TPSA) is 65.3 Å². The highest BCUT2D eigenvalue weighted by molar-refractivity contribution is 14.1. The van der Waals surface area contributed by atoms with Gasteiger partial charge in [0.15, 0.2) is 15.0 Å². The van der Waals surface area contributed by atoms with E-state index in [4.69, 9.17) is 0 Å². The molecule has 17 heavy (non-hydrogen) atoms. The van der Waals surface area contributed by atoms with Gasteiger partial charge in [-0.1, -0.05) is 15.9 Å². The van der Waals surface area contributed by atoms with E-state index in [1.54, 1.807) is 0 Å². The van der Waals surface area contributed by atoms with Crippen molar-refractivity contribution in [1.29, 1.82) is 0 Å². The zero-order valence-electron chi connectivity index (χ0n) is 7.79. The van der Waals surface area contributed by atoms with Crippen LogP contribution >= 0.6 is 38.5 Å². The maximum absolute atomic E-state index is 12.1. The van der Waals surface area contributed by atoms with Gasteiger partial charge >= 0.3 is 12.2 Å². The number of nitro groups is 1. The highest BCUT2D eigenvalue weighted by atomic mass is 127. The zero-order chi connectivity index (χ0) is 13.2. The van der Waals surface area contributed by atoms with Crippen LogP contribution in [-0.2, 0) is 5.33 Å². The van der Waals surface area contributed by atoms with Crippen LogP contribution in [0, 0.1) is 13.7 Å².